The van der Waals surface area contributed by atoms with Crippen molar-refractivity contribution in [3.8, 4) is 0 Å². The second-order valence-electron chi connectivity index (χ2n) is 13.0. The average molecular weight is 563 g/mol. The number of Topliss-reactive ketones (excluding diaryl/α,β-unsaturated/α-hetero) is 2. The molecule has 0 saturated heterocycles. The van der Waals surface area contributed by atoms with Crippen molar-refractivity contribution in [2.75, 3.05) is 0 Å². The van der Waals surface area contributed by atoms with Crippen LogP contribution in [0.2, 0.25) is 0 Å². The fraction of sp³-hybridized carbons (Fsp3) is 0.947. The minimum Gasteiger partial charge on any atom is -0.300 e. The lowest BCUT2D eigenvalue weighted by Gasteiger charge is -2.04. The fourth-order valence-corrected chi connectivity index (χ4v) is 5.92. The van der Waals surface area contributed by atoms with E-state index >= 15 is 0 Å². The SMILES string of the molecule is CCCCCCCCCCCCCCCCCC(=O)CCC(=O)CCCCCCCCCCCCCCCCC. The van der Waals surface area contributed by atoms with E-state index in [0.29, 0.717) is 37.2 Å². The predicted octanol–water partition coefficient (Wildman–Crippen LogP) is 13.4. The molecule has 0 aromatic heterocycles. The third kappa shape index (κ3) is 33.5. The van der Waals surface area contributed by atoms with Crippen LogP contribution in [-0.2, 0) is 9.59 Å². The molecule has 0 fully saturated rings. The second-order valence-corrected chi connectivity index (χ2v) is 13.0. The molecule has 0 saturated carbocycles. The molecule has 0 rings (SSSR count). The molecular formula is C38H74O2. The zero-order valence-electron chi connectivity index (χ0n) is 27.9. The van der Waals surface area contributed by atoms with Crippen LogP contribution in [0.4, 0.5) is 0 Å². The van der Waals surface area contributed by atoms with Gasteiger partial charge in [0, 0.05) is 25.7 Å². The molecule has 0 amide bonds. The van der Waals surface area contributed by atoms with Gasteiger partial charge in [-0.05, 0) is 12.8 Å². The molecule has 40 heavy (non-hydrogen) atoms. The van der Waals surface area contributed by atoms with Gasteiger partial charge >= 0.3 is 0 Å². The summed E-state index contributed by atoms with van der Waals surface area (Å²) in [5.41, 5.74) is 0. The van der Waals surface area contributed by atoms with Crippen LogP contribution in [0.1, 0.15) is 232 Å². The number of hydrogen-bond donors (Lipinski definition) is 0. The Labute approximate surface area is 253 Å². The highest BCUT2D eigenvalue weighted by Crippen LogP contribution is 2.16. The highest BCUT2D eigenvalue weighted by atomic mass is 16.1. The van der Waals surface area contributed by atoms with Gasteiger partial charge < -0.3 is 0 Å². The average Bonchev–Trinajstić information content (AvgIpc) is 2.96. The van der Waals surface area contributed by atoms with E-state index in [0.717, 1.165) is 12.8 Å². The van der Waals surface area contributed by atoms with Gasteiger partial charge in [-0.15, -0.1) is 0 Å². The summed E-state index contributed by atoms with van der Waals surface area (Å²) < 4.78 is 0. The van der Waals surface area contributed by atoms with Crippen LogP contribution >= 0.6 is 0 Å². The Morgan fingerprint density at radius 1 is 0.250 bits per heavy atom. The van der Waals surface area contributed by atoms with Crippen molar-refractivity contribution < 1.29 is 9.59 Å². The molecule has 0 spiro atoms. The molecular weight excluding hydrogens is 488 g/mol. The predicted molar refractivity (Wildman–Crippen MR) is 178 cm³/mol. The topological polar surface area (TPSA) is 34.1 Å². The summed E-state index contributed by atoms with van der Waals surface area (Å²) in [6.07, 6.45) is 42.9. The molecule has 0 bridgehead atoms. The maximum absolute atomic E-state index is 12.1. The van der Waals surface area contributed by atoms with Crippen molar-refractivity contribution in [2.45, 2.75) is 232 Å². The highest BCUT2D eigenvalue weighted by molar-refractivity contribution is 5.85. The maximum atomic E-state index is 12.1. The van der Waals surface area contributed by atoms with Gasteiger partial charge in [-0.25, -0.2) is 0 Å². The first-order valence-electron chi connectivity index (χ1n) is 18.7. The molecule has 0 aromatic carbocycles. The molecule has 0 atom stereocenters. The van der Waals surface area contributed by atoms with Crippen molar-refractivity contribution in [2.24, 2.45) is 0 Å². The van der Waals surface area contributed by atoms with E-state index in [1.165, 1.54) is 180 Å². The second kappa shape index (κ2) is 34.5. The van der Waals surface area contributed by atoms with E-state index in [1.807, 2.05) is 0 Å². The zero-order valence-corrected chi connectivity index (χ0v) is 27.9. The van der Waals surface area contributed by atoms with E-state index in [4.69, 9.17) is 0 Å². The number of unbranched alkanes of at least 4 members (excludes halogenated alkanes) is 28. The summed E-state index contributed by atoms with van der Waals surface area (Å²) >= 11 is 0. The van der Waals surface area contributed by atoms with Gasteiger partial charge in [0.15, 0.2) is 0 Å². The van der Waals surface area contributed by atoms with E-state index in [-0.39, 0.29) is 0 Å². The van der Waals surface area contributed by atoms with E-state index < -0.39 is 0 Å². The third-order valence-corrected chi connectivity index (χ3v) is 8.80. The van der Waals surface area contributed by atoms with Crippen molar-refractivity contribution in [3.05, 3.63) is 0 Å². The van der Waals surface area contributed by atoms with Crippen molar-refractivity contribution in [1.29, 1.82) is 0 Å². The quantitative estimate of drug-likeness (QED) is 0.0720. The van der Waals surface area contributed by atoms with Crippen molar-refractivity contribution in [1.82, 2.24) is 0 Å². The fourth-order valence-electron chi connectivity index (χ4n) is 5.92. The summed E-state index contributed by atoms with van der Waals surface area (Å²) in [5.74, 6) is 0.610. The van der Waals surface area contributed by atoms with Crippen molar-refractivity contribution in [3.63, 3.8) is 0 Å². The molecule has 0 radical (unpaired) electrons. The molecule has 2 nitrogen and oxygen atoms in total. The van der Waals surface area contributed by atoms with E-state index in [1.54, 1.807) is 0 Å². The molecule has 0 unspecified atom stereocenters. The summed E-state index contributed by atoms with van der Waals surface area (Å²) in [6.45, 7) is 4.57. The summed E-state index contributed by atoms with van der Waals surface area (Å²) in [4.78, 5) is 24.3. The summed E-state index contributed by atoms with van der Waals surface area (Å²) in [6, 6.07) is 0. The lowest BCUT2D eigenvalue weighted by atomic mass is 10.0. The minimum absolute atomic E-state index is 0.305. The molecule has 0 heterocycles. The Hall–Kier alpha value is -0.660. The molecule has 0 aromatic rings. The molecule has 238 valence electrons. The van der Waals surface area contributed by atoms with Crippen LogP contribution in [0.3, 0.4) is 0 Å². The van der Waals surface area contributed by atoms with Gasteiger partial charge in [-0.1, -0.05) is 194 Å². The van der Waals surface area contributed by atoms with Gasteiger partial charge in [-0.2, -0.15) is 0 Å². The Balaban J connectivity index is 3.27. The first-order valence-corrected chi connectivity index (χ1v) is 18.7. The van der Waals surface area contributed by atoms with Gasteiger partial charge in [0.05, 0.1) is 0 Å². The van der Waals surface area contributed by atoms with Gasteiger partial charge in [0.1, 0.15) is 11.6 Å². The largest absolute Gasteiger partial charge is 0.300 e. The summed E-state index contributed by atoms with van der Waals surface area (Å²) in [7, 11) is 0. The Morgan fingerprint density at radius 2 is 0.425 bits per heavy atom. The maximum Gasteiger partial charge on any atom is 0.133 e. The number of rotatable bonds is 35. The van der Waals surface area contributed by atoms with Gasteiger partial charge in [-0.3, -0.25) is 9.59 Å². The zero-order chi connectivity index (χ0) is 29.2. The first-order chi connectivity index (χ1) is 19.7. The number of carbonyl (C=O) groups excluding carboxylic acids is 2. The lowest BCUT2D eigenvalue weighted by Crippen LogP contribution is -2.04. The van der Waals surface area contributed by atoms with Crippen LogP contribution in [0.15, 0.2) is 0 Å². The van der Waals surface area contributed by atoms with E-state index in [9.17, 15) is 9.59 Å². The van der Waals surface area contributed by atoms with Gasteiger partial charge in [0.25, 0.3) is 0 Å². The van der Waals surface area contributed by atoms with Crippen molar-refractivity contribution >= 4 is 11.6 Å². The number of ketones is 2. The normalized spacial score (nSPS) is 11.3. The lowest BCUT2D eigenvalue weighted by molar-refractivity contribution is -0.124. The molecule has 0 aliphatic heterocycles. The van der Waals surface area contributed by atoms with Crippen LogP contribution in [0.25, 0.3) is 0 Å². The molecule has 0 aliphatic rings. The first kappa shape index (κ1) is 39.3. The Morgan fingerprint density at radius 3 is 0.625 bits per heavy atom. The standard InChI is InChI=1S/C38H74O2/c1-3-5-7-9-11-13-15-17-19-21-23-25-27-29-31-33-37(39)35-36-38(40)34-32-30-28-26-24-22-20-18-16-14-12-10-8-6-4-2/h3-36H2,1-2H3. The van der Waals surface area contributed by atoms with E-state index in [2.05, 4.69) is 13.8 Å². The Kier molecular flexibility index (Phi) is 34.0. The minimum atomic E-state index is 0.305. The third-order valence-electron chi connectivity index (χ3n) is 8.80. The van der Waals surface area contributed by atoms with Crippen LogP contribution in [0.5, 0.6) is 0 Å². The molecule has 0 aliphatic carbocycles. The summed E-state index contributed by atoms with van der Waals surface area (Å²) in [5, 5.41) is 0. The highest BCUT2D eigenvalue weighted by Gasteiger charge is 2.07. The monoisotopic (exact) mass is 563 g/mol. The Bertz CT molecular complexity index is 466. The van der Waals surface area contributed by atoms with Crippen LogP contribution in [-0.4, -0.2) is 11.6 Å². The van der Waals surface area contributed by atoms with Crippen LogP contribution in [0, 0.1) is 0 Å². The van der Waals surface area contributed by atoms with Crippen LogP contribution < -0.4 is 0 Å². The molecule has 2 heteroatoms. The number of carbonyl (C=O) groups is 2. The van der Waals surface area contributed by atoms with Gasteiger partial charge in [0.2, 0.25) is 0 Å². The molecule has 0 N–H and O–H groups in total. The number of hydrogen-bond acceptors (Lipinski definition) is 2. The smallest absolute Gasteiger partial charge is 0.133 e.